The molecule has 1 heterocycles. The Morgan fingerprint density at radius 1 is 1.23 bits per heavy atom. The van der Waals surface area contributed by atoms with E-state index < -0.39 is 12.2 Å². The van der Waals surface area contributed by atoms with Crippen molar-refractivity contribution in [2.24, 2.45) is 11.8 Å². The van der Waals surface area contributed by atoms with Crippen molar-refractivity contribution in [1.29, 1.82) is 0 Å². The van der Waals surface area contributed by atoms with E-state index in [9.17, 15) is 15.0 Å². The fraction of sp³-hybridized carbons (Fsp3) is 0.682. The molecule has 0 aromatic heterocycles. The Balaban J connectivity index is 1.70. The number of cyclic esters (lactones) is 1. The van der Waals surface area contributed by atoms with Gasteiger partial charge in [0.05, 0.1) is 12.2 Å². The Morgan fingerprint density at radius 3 is 2.88 bits per heavy atom. The van der Waals surface area contributed by atoms with Crippen LogP contribution in [0.1, 0.15) is 64.7 Å². The van der Waals surface area contributed by atoms with Crippen molar-refractivity contribution in [2.75, 3.05) is 0 Å². The van der Waals surface area contributed by atoms with Gasteiger partial charge in [-0.15, -0.1) is 0 Å². The smallest absolute Gasteiger partial charge is 0.306 e. The summed E-state index contributed by atoms with van der Waals surface area (Å²) in [5.74, 6) is -0.00580. The maximum atomic E-state index is 11.7. The number of carbonyl (C=O) groups is 1. The van der Waals surface area contributed by atoms with Gasteiger partial charge in [0.2, 0.25) is 0 Å². The number of carbonyl (C=O) groups excluding carboxylic acids is 1. The first-order valence-corrected chi connectivity index (χ1v) is 10.2. The number of ether oxygens (including phenoxy) is 1. The summed E-state index contributed by atoms with van der Waals surface area (Å²) in [6.45, 7) is 2.20. The second-order valence-electron chi connectivity index (χ2n) is 7.45. The number of unbranched alkanes of at least 4 members (excludes halogenated alkanes) is 3. The van der Waals surface area contributed by atoms with Gasteiger partial charge in [0.25, 0.3) is 0 Å². The maximum absolute atomic E-state index is 11.7. The van der Waals surface area contributed by atoms with Gasteiger partial charge in [-0.2, -0.15) is 0 Å². The molecule has 0 bridgehead atoms. The highest BCUT2D eigenvalue weighted by Crippen LogP contribution is 2.47. The summed E-state index contributed by atoms with van der Waals surface area (Å²) >= 11 is 0. The molecule has 2 aliphatic rings. The second-order valence-corrected chi connectivity index (χ2v) is 7.45. The lowest BCUT2D eigenvalue weighted by Gasteiger charge is -2.20. The minimum Gasteiger partial charge on any atom is -0.462 e. The molecule has 26 heavy (non-hydrogen) atoms. The summed E-state index contributed by atoms with van der Waals surface area (Å²) in [7, 11) is 0. The van der Waals surface area contributed by atoms with Crippen LogP contribution in [0.3, 0.4) is 0 Å². The highest BCUT2D eigenvalue weighted by molar-refractivity contribution is 5.70. The highest BCUT2D eigenvalue weighted by atomic mass is 16.5. The molecule has 0 spiro atoms. The molecule has 2 rings (SSSR count). The number of allylic oxidation sites excluding steroid dienone is 4. The first-order valence-electron chi connectivity index (χ1n) is 10.2. The third-order valence-electron chi connectivity index (χ3n) is 5.24. The van der Waals surface area contributed by atoms with Crippen molar-refractivity contribution in [3.63, 3.8) is 0 Å². The van der Waals surface area contributed by atoms with Crippen LogP contribution in [0.2, 0.25) is 0 Å². The van der Waals surface area contributed by atoms with Crippen molar-refractivity contribution >= 4 is 5.97 Å². The lowest BCUT2D eigenvalue weighted by molar-refractivity contribution is -0.150. The minimum atomic E-state index is -0.863. The normalized spacial score (nSPS) is 30.0. The fourth-order valence-electron chi connectivity index (χ4n) is 3.53. The van der Waals surface area contributed by atoms with Crippen LogP contribution in [0, 0.1) is 11.8 Å². The summed E-state index contributed by atoms with van der Waals surface area (Å²) in [6, 6.07) is 0. The quantitative estimate of drug-likeness (QED) is 0.349. The number of rotatable bonds is 10. The predicted octanol–water partition coefficient (Wildman–Crippen LogP) is 4.08. The Kier molecular flexibility index (Phi) is 9.13. The van der Waals surface area contributed by atoms with Gasteiger partial charge in [-0.3, -0.25) is 4.79 Å². The van der Waals surface area contributed by atoms with Crippen LogP contribution in [-0.4, -0.2) is 34.5 Å². The van der Waals surface area contributed by atoms with Crippen LogP contribution in [0.25, 0.3) is 0 Å². The van der Waals surface area contributed by atoms with Crippen LogP contribution in [0.4, 0.5) is 0 Å². The summed E-state index contributed by atoms with van der Waals surface area (Å²) in [4.78, 5) is 11.7. The average molecular weight is 363 g/mol. The predicted molar refractivity (Wildman–Crippen MR) is 104 cm³/mol. The molecular weight excluding hydrogens is 328 g/mol. The number of aliphatic hydroxyl groups excluding tert-OH is 2. The van der Waals surface area contributed by atoms with E-state index in [1.807, 2.05) is 12.2 Å². The van der Waals surface area contributed by atoms with Crippen molar-refractivity contribution in [2.45, 2.75) is 83.0 Å². The summed E-state index contributed by atoms with van der Waals surface area (Å²) in [5, 5.41) is 20.6. The monoisotopic (exact) mass is 362 g/mol. The first kappa shape index (κ1) is 20.9. The van der Waals surface area contributed by atoms with E-state index in [-0.39, 0.29) is 23.9 Å². The Hall–Kier alpha value is -1.39. The zero-order valence-electron chi connectivity index (χ0n) is 15.9. The molecule has 4 heteroatoms. The van der Waals surface area contributed by atoms with E-state index in [2.05, 4.69) is 25.2 Å². The fourth-order valence-corrected chi connectivity index (χ4v) is 3.53. The molecule has 0 saturated heterocycles. The average Bonchev–Trinajstić information content (AvgIpc) is 3.40. The van der Waals surface area contributed by atoms with E-state index in [4.69, 9.17) is 4.74 Å². The lowest BCUT2D eigenvalue weighted by Crippen LogP contribution is -2.29. The van der Waals surface area contributed by atoms with Gasteiger partial charge in [-0.05, 0) is 38.0 Å². The van der Waals surface area contributed by atoms with Crippen LogP contribution in [0.15, 0.2) is 36.5 Å². The molecule has 1 fully saturated rings. The lowest BCUT2D eigenvalue weighted by atomic mass is 10.0. The van der Waals surface area contributed by atoms with E-state index in [0.29, 0.717) is 12.8 Å². The van der Waals surface area contributed by atoms with Gasteiger partial charge in [-0.25, -0.2) is 0 Å². The Bertz CT molecular complexity index is 508. The number of aliphatic hydroxyl groups is 2. The van der Waals surface area contributed by atoms with Gasteiger partial charge >= 0.3 is 5.97 Å². The van der Waals surface area contributed by atoms with E-state index in [1.54, 1.807) is 6.08 Å². The highest BCUT2D eigenvalue weighted by Gasteiger charge is 2.49. The van der Waals surface area contributed by atoms with Crippen molar-refractivity contribution in [3.8, 4) is 0 Å². The molecule has 146 valence electrons. The van der Waals surface area contributed by atoms with Crippen LogP contribution >= 0.6 is 0 Å². The zero-order valence-corrected chi connectivity index (χ0v) is 15.9. The van der Waals surface area contributed by atoms with Gasteiger partial charge in [0.1, 0.15) is 6.10 Å². The van der Waals surface area contributed by atoms with Crippen molar-refractivity contribution in [1.82, 2.24) is 0 Å². The van der Waals surface area contributed by atoms with Crippen LogP contribution in [-0.2, 0) is 9.53 Å². The molecule has 1 aliphatic carbocycles. The zero-order chi connectivity index (χ0) is 18.8. The van der Waals surface area contributed by atoms with Crippen LogP contribution < -0.4 is 0 Å². The Labute approximate surface area is 157 Å². The molecule has 1 aliphatic heterocycles. The standard InChI is InChI=1S/C22H34O4/c1-2-3-4-5-6-7-8-10-13-19(23)22(25)18-16-17(18)20-14-11-9-12-15-21(24)26-20/h6-7,9-11,13,17-20,22-23,25H,2-5,8,12,14-16H2,1H3/b7-6+,11-9-,13-10+/t17-,18-,19-,20-,22-/m1/s1. The van der Waals surface area contributed by atoms with Gasteiger partial charge in [0.15, 0.2) is 0 Å². The van der Waals surface area contributed by atoms with E-state index >= 15 is 0 Å². The molecule has 4 nitrogen and oxygen atoms in total. The molecule has 0 radical (unpaired) electrons. The van der Waals surface area contributed by atoms with E-state index in [1.165, 1.54) is 19.3 Å². The van der Waals surface area contributed by atoms with Gasteiger partial charge in [0, 0.05) is 18.8 Å². The minimum absolute atomic E-state index is 0.00450. The summed E-state index contributed by atoms with van der Waals surface area (Å²) in [5.41, 5.74) is 0. The van der Waals surface area contributed by atoms with Crippen LogP contribution in [0.5, 0.6) is 0 Å². The van der Waals surface area contributed by atoms with Crippen molar-refractivity contribution < 1.29 is 19.7 Å². The molecule has 0 aromatic carbocycles. The third kappa shape index (κ3) is 7.08. The SMILES string of the molecule is CCCCC/C=C/C/C=C/[C@@H](O)[C@H](O)[C@@H]1C[C@H]1[C@H]1C/C=C\CCC(=O)O1. The number of hydrogen-bond acceptors (Lipinski definition) is 4. The Morgan fingerprint density at radius 2 is 2.08 bits per heavy atom. The summed E-state index contributed by atoms with van der Waals surface area (Å²) in [6.07, 6.45) is 18.4. The topological polar surface area (TPSA) is 66.8 Å². The molecule has 0 aromatic rings. The largest absolute Gasteiger partial charge is 0.462 e. The van der Waals surface area contributed by atoms with Gasteiger partial charge < -0.3 is 14.9 Å². The number of esters is 1. The molecule has 0 unspecified atom stereocenters. The molecule has 2 N–H and O–H groups in total. The summed E-state index contributed by atoms with van der Waals surface area (Å²) < 4.78 is 5.52. The second kappa shape index (κ2) is 11.3. The van der Waals surface area contributed by atoms with Crippen molar-refractivity contribution in [3.05, 3.63) is 36.5 Å². The van der Waals surface area contributed by atoms with E-state index in [0.717, 1.165) is 25.7 Å². The van der Waals surface area contributed by atoms with Gasteiger partial charge in [-0.1, -0.05) is 56.2 Å². The maximum Gasteiger partial charge on any atom is 0.306 e. The number of hydrogen-bond donors (Lipinski definition) is 2. The molecule has 0 amide bonds. The molecule has 5 atom stereocenters. The molecule has 1 saturated carbocycles. The molecular formula is C22H34O4. The third-order valence-corrected chi connectivity index (χ3v) is 5.24. The first-order chi connectivity index (χ1) is 12.6.